The van der Waals surface area contributed by atoms with Crippen molar-refractivity contribution in [3.8, 4) is 5.75 Å². The highest BCUT2D eigenvalue weighted by molar-refractivity contribution is 6.39. The molecule has 2 saturated heterocycles. The van der Waals surface area contributed by atoms with Gasteiger partial charge in [-0.05, 0) is 62.3 Å². The Morgan fingerprint density at radius 2 is 1.92 bits per heavy atom. The summed E-state index contributed by atoms with van der Waals surface area (Å²) in [6.07, 6.45) is 4.90. The molecule has 6 nitrogen and oxygen atoms in total. The molecule has 0 aliphatic carbocycles. The molecule has 2 fully saturated rings. The van der Waals surface area contributed by atoms with Crippen LogP contribution >= 0.6 is 0 Å². The van der Waals surface area contributed by atoms with Crippen molar-refractivity contribution in [3.63, 3.8) is 0 Å². The first kappa shape index (κ1) is 18.7. The number of benzene rings is 1. The van der Waals surface area contributed by atoms with E-state index in [0.29, 0.717) is 24.8 Å². The molecule has 2 heterocycles. The monoisotopic (exact) mass is 360 g/mol. The molecule has 0 radical (unpaired) electrons. The van der Waals surface area contributed by atoms with E-state index >= 15 is 0 Å². The van der Waals surface area contributed by atoms with Crippen LogP contribution in [0.1, 0.15) is 39.0 Å². The summed E-state index contributed by atoms with van der Waals surface area (Å²) >= 11 is 0. The number of anilines is 1. The molecule has 0 unspecified atom stereocenters. The van der Waals surface area contributed by atoms with Gasteiger partial charge in [-0.3, -0.25) is 9.59 Å². The quantitative estimate of drug-likeness (QED) is 0.820. The second-order valence-electron chi connectivity index (χ2n) is 7.05. The largest absolute Gasteiger partial charge is 0.493 e. The van der Waals surface area contributed by atoms with Gasteiger partial charge >= 0.3 is 11.8 Å². The molecule has 2 aliphatic rings. The van der Waals surface area contributed by atoms with Gasteiger partial charge in [0.2, 0.25) is 0 Å². The summed E-state index contributed by atoms with van der Waals surface area (Å²) in [7, 11) is 0. The van der Waals surface area contributed by atoms with Crippen molar-refractivity contribution in [2.45, 2.75) is 45.1 Å². The number of carbonyl (C=O) groups excluding carboxylic acids is 2. The van der Waals surface area contributed by atoms with Gasteiger partial charge in [-0.25, -0.2) is 0 Å². The average Bonchev–Trinajstić information content (AvgIpc) is 3.16. The molecule has 2 aliphatic heterocycles. The van der Waals surface area contributed by atoms with E-state index in [9.17, 15) is 9.59 Å². The van der Waals surface area contributed by atoms with E-state index in [-0.39, 0.29) is 6.04 Å². The lowest BCUT2D eigenvalue weighted by molar-refractivity contribution is -0.143. The zero-order chi connectivity index (χ0) is 18.4. The number of hydrogen-bond donors (Lipinski definition) is 1. The first-order chi connectivity index (χ1) is 12.7. The van der Waals surface area contributed by atoms with E-state index in [0.717, 1.165) is 51.1 Å². The van der Waals surface area contributed by atoms with E-state index in [4.69, 9.17) is 9.47 Å². The third-order valence-corrected chi connectivity index (χ3v) is 5.24. The Hall–Kier alpha value is -2.08. The fraction of sp³-hybridized carbons (Fsp3) is 0.600. The van der Waals surface area contributed by atoms with Crippen molar-refractivity contribution >= 4 is 17.5 Å². The molecular weight excluding hydrogens is 332 g/mol. The zero-order valence-electron chi connectivity index (χ0n) is 15.4. The Balaban J connectivity index is 1.48. The molecule has 0 bridgehead atoms. The molecule has 26 heavy (non-hydrogen) atoms. The number of hydrogen-bond acceptors (Lipinski definition) is 4. The second-order valence-corrected chi connectivity index (χ2v) is 7.05. The van der Waals surface area contributed by atoms with E-state index in [1.165, 1.54) is 0 Å². The minimum absolute atomic E-state index is 0.189. The van der Waals surface area contributed by atoms with Crippen LogP contribution in [0.4, 0.5) is 5.69 Å². The Bertz CT molecular complexity index is 611. The van der Waals surface area contributed by atoms with Crippen LogP contribution < -0.4 is 10.1 Å². The van der Waals surface area contributed by atoms with Crippen LogP contribution in [0.2, 0.25) is 0 Å². The van der Waals surface area contributed by atoms with E-state index in [1.807, 2.05) is 19.1 Å². The molecule has 1 aromatic rings. The van der Waals surface area contributed by atoms with Crippen molar-refractivity contribution in [1.29, 1.82) is 0 Å². The molecule has 1 aromatic carbocycles. The van der Waals surface area contributed by atoms with Gasteiger partial charge in [0.1, 0.15) is 5.75 Å². The van der Waals surface area contributed by atoms with Crippen molar-refractivity contribution in [3.05, 3.63) is 24.3 Å². The summed E-state index contributed by atoms with van der Waals surface area (Å²) in [5.74, 6) is 0.301. The number of carbonyl (C=O) groups is 2. The molecule has 1 atom stereocenters. The molecule has 3 rings (SSSR count). The topological polar surface area (TPSA) is 67.9 Å². The Labute approximate surface area is 154 Å². The smallest absolute Gasteiger partial charge is 0.313 e. The van der Waals surface area contributed by atoms with Crippen LogP contribution in [0.3, 0.4) is 0 Å². The molecule has 0 aromatic heterocycles. The summed E-state index contributed by atoms with van der Waals surface area (Å²) in [4.78, 5) is 26.3. The number of amides is 2. The van der Waals surface area contributed by atoms with Crippen molar-refractivity contribution in [1.82, 2.24) is 4.90 Å². The lowest BCUT2D eigenvalue weighted by Gasteiger charge is -2.23. The fourth-order valence-electron chi connectivity index (χ4n) is 3.60. The molecular formula is C20H28N2O4. The van der Waals surface area contributed by atoms with Gasteiger partial charge in [0.05, 0.1) is 6.61 Å². The van der Waals surface area contributed by atoms with E-state index in [1.54, 1.807) is 17.0 Å². The maximum atomic E-state index is 12.3. The molecule has 142 valence electrons. The molecule has 2 amide bonds. The fourth-order valence-corrected chi connectivity index (χ4v) is 3.60. The summed E-state index contributed by atoms with van der Waals surface area (Å²) in [5, 5.41) is 2.69. The number of ether oxygens (including phenoxy) is 2. The minimum atomic E-state index is -0.568. The summed E-state index contributed by atoms with van der Waals surface area (Å²) in [5.41, 5.74) is 0.606. The van der Waals surface area contributed by atoms with Gasteiger partial charge in [0.25, 0.3) is 0 Å². The first-order valence-corrected chi connectivity index (χ1v) is 9.60. The number of nitrogens with zero attached hydrogens (tertiary/aromatic N) is 1. The zero-order valence-corrected chi connectivity index (χ0v) is 15.4. The third-order valence-electron chi connectivity index (χ3n) is 5.24. The minimum Gasteiger partial charge on any atom is -0.493 e. The SMILES string of the molecule is CC[C@H]1CCCN1C(=O)C(=O)Nc1ccc(OCC2CCOCC2)cc1. The third kappa shape index (κ3) is 4.75. The normalized spacial score (nSPS) is 20.8. The Kier molecular flexibility index (Phi) is 6.50. The average molecular weight is 360 g/mol. The van der Waals surface area contributed by atoms with E-state index in [2.05, 4.69) is 5.32 Å². The summed E-state index contributed by atoms with van der Waals surface area (Å²) in [6, 6.07) is 7.38. The van der Waals surface area contributed by atoms with Crippen LogP contribution in [0.25, 0.3) is 0 Å². The lowest BCUT2D eigenvalue weighted by Crippen LogP contribution is -2.42. The molecule has 0 saturated carbocycles. The lowest BCUT2D eigenvalue weighted by atomic mass is 10.0. The highest BCUT2D eigenvalue weighted by Crippen LogP contribution is 2.22. The van der Waals surface area contributed by atoms with Crippen LogP contribution in [0.15, 0.2) is 24.3 Å². The predicted molar refractivity (Wildman–Crippen MR) is 99.1 cm³/mol. The molecule has 6 heteroatoms. The highest BCUT2D eigenvalue weighted by atomic mass is 16.5. The van der Waals surface area contributed by atoms with Crippen LogP contribution in [-0.2, 0) is 14.3 Å². The van der Waals surface area contributed by atoms with Crippen LogP contribution in [-0.4, -0.2) is 49.1 Å². The second kappa shape index (κ2) is 9.03. The Morgan fingerprint density at radius 3 is 2.62 bits per heavy atom. The summed E-state index contributed by atoms with van der Waals surface area (Å²) < 4.78 is 11.2. The van der Waals surface area contributed by atoms with Gasteiger partial charge in [0.15, 0.2) is 0 Å². The van der Waals surface area contributed by atoms with Gasteiger partial charge < -0.3 is 19.7 Å². The first-order valence-electron chi connectivity index (χ1n) is 9.60. The summed E-state index contributed by atoms with van der Waals surface area (Å²) in [6.45, 7) is 5.02. The van der Waals surface area contributed by atoms with Crippen molar-refractivity contribution in [2.75, 3.05) is 31.7 Å². The maximum Gasteiger partial charge on any atom is 0.313 e. The number of rotatable bonds is 5. The molecule has 1 N–H and O–H groups in total. The van der Waals surface area contributed by atoms with Gasteiger partial charge in [-0.15, -0.1) is 0 Å². The van der Waals surface area contributed by atoms with Gasteiger partial charge in [0, 0.05) is 31.5 Å². The highest BCUT2D eigenvalue weighted by Gasteiger charge is 2.31. The van der Waals surface area contributed by atoms with Crippen LogP contribution in [0.5, 0.6) is 5.75 Å². The van der Waals surface area contributed by atoms with Crippen molar-refractivity contribution in [2.24, 2.45) is 5.92 Å². The number of nitrogens with one attached hydrogen (secondary N) is 1. The van der Waals surface area contributed by atoms with Crippen molar-refractivity contribution < 1.29 is 19.1 Å². The van der Waals surface area contributed by atoms with Crippen LogP contribution in [0, 0.1) is 5.92 Å². The predicted octanol–water partition coefficient (Wildman–Crippen LogP) is 2.83. The van der Waals surface area contributed by atoms with Gasteiger partial charge in [-0.1, -0.05) is 6.92 Å². The Morgan fingerprint density at radius 1 is 1.19 bits per heavy atom. The standard InChI is InChI=1S/C20H28N2O4/c1-2-17-4-3-11-22(17)20(24)19(23)21-16-5-7-18(8-6-16)26-14-15-9-12-25-13-10-15/h5-8,15,17H,2-4,9-14H2,1H3,(H,21,23)/t17-/m0/s1. The van der Waals surface area contributed by atoms with E-state index < -0.39 is 11.8 Å². The molecule has 0 spiro atoms. The number of likely N-dealkylation sites (tertiary alicyclic amines) is 1. The maximum absolute atomic E-state index is 12.3. The van der Waals surface area contributed by atoms with Gasteiger partial charge in [-0.2, -0.15) is 0 Å².